The van der Waals surface area contributed by atoms with E-state index in [1.807, 2.05) is 32.3 Å². The summed E-state index contributed by atoms with van der Waals surface area (Å²) in [7, 11) is 12.5. The van der Waals surface area contributed by atoms with E-state index < -0.39 is 6.85 Å². The molecule has 0 fully saturated rings. The smallest absolute Gasteiger partial charge is 0.201 e. The third kappa shape index (κ3) is 18.4. The number of rotatable bonds is 6. The van der Waals surface area contributed by atoms with Crippen LogP contribution in [0, 0.1) is 125 Å². The Hall–Kier alpha value is -9.78. The van der Waals surface area contributed by atoms with E-state index in [1.54, 1.807) is 12.1 Å². The van der Waals surface area contributed by atoms with Crippen LogP contribution in [0.1, 0.15) is 104 Å². The minimum atomic E-state index is -2.04. The molecule has 0 aliphatic carbocycles. The molecule has 0 amide bonds. The lowest BCUT2D eigenvalue weighted by Crippen LogP contribution is -2.31. The molecule has 6 aromatic heterocycles. The molecule has 0 saturated carbocycles. The average molecular weight is 1280 g/mol. The van der Waals surface area contributed by atoms with Crippen LogP contribution in [0.5, 0.6) is 0 Å². The summed E-state index contributed by atoms with van der Waals surface area (Å²) in [6, 6.07) is 63.5. The molecule has 0 radical (unpaired) electrons. The van der Waals surface area contributed by atoms with Crippen molar-refractivity contribution in [3.63, 3.8) is 0 Å². The van der Waals surface area contributed by atoms with E-state index >= 15 is 0 Å². The highest BCUT2D eigenvalue weighted by atomic mass is 14.9. The van der Waals surface area contributed by atoms with Crippen molar-refractivity contribution in [1.29, 1.82) is 0 Å². The van der Waals surface area contributed by atoms with Gasteiger partial charge in [-0.1, -0.05) is 95.1 Å². The predicted molar refractivity (Wildman–Crippen MR) is 404 cm³/mol. The van der Waals surface area contributed by atoms with E-state index in [9.17, 15) is 0 Å². The van der Waals surface area contributed by atoms with Crippen LogP contribution in [0.15, 0.2) is 219 Å². The maximum atomic E-state index is 7.46. The van der Waals surface area contributed by atoms with E-state index in [4.69, 9.17) is 4.11 Å². The standard InChI is InChI=1S/6C15H18N/c2*1-11-7-5-9-14(13(11)3)15-12(2)8-6-10-16(15)4;2*1-11-7-8-12(2)14(10-11)15-13(3)6-5-9-16(15)4;2*1-11-7-8-14(13(3)10-11)15-12(2)6-5-9-16(15)4/h6*5-10H,1-4H3/q6*+1/i;;;;1D3;. The van der Waals surface area contributed by atoms with Gasteiger partial charge in [0.15, 0.2) is 37.2 Å². The number of hydrogen-bond donors (Lipinski definition) is 0. The van der Waals surface area contributed by atoms with Gasteiger partial charge in [-0.05, 0) is 242 Å². The molecule has 6 heteroatoms. The highest BCUT2D eigenvalue weighted by molar-refractivity contribution is 5.69. The summed E-state index contributed by atoms with van der Waals surface area (Å²) >= 11 is 0. The molecule has 6 nitrogen and oxygen atoms in total. The Morgan fingerprint density at radius 2 is 0.438 bits per heavy atom. The van der Waals surface area contributed by atoms with Gasteiger partial charge in [0.1, 0.15) is 42.3 Å². The third-order valence-electron chi connectivity index (χ3n) is 18.4. The van der Waals surface area contributed by atoms with Crippen molar-refractivity contribution in [3.05, 3.63) is 319 Å². The molecule has 492 valence electrons. The highest BCUT2D eigenvalue weighted by Gasteiger charge is 2.21. The molecule has 0 aliphatic heterocycles. The second-order valence-electron chi connectivity index (χ2n) is 26.4. The van der Waals surface area contributed by atoms with Gasteiger partial charge < -0.3 is 0 Å². The zero-order chi connectivity index (χ0) is 72.7. The van der Waals surface area contributed by atoms with Crippen LogP contribution < -0.4 is 27.4 Å². The van der Waals surface area contributed by atoms with E-state index in [1.165, 1.54) is 145 Å². The van der Waals surface area contributed by atoms with E-state index in [0.29, 0.717) is 5.56 Å². The summed E-state index contributed by atoms with van der Waals surface area (Å²) in [5.74, 6) is 0. The molecule has 6 heterocycles. The molecular weight excluding hydrogens is 1170 g/mol. The molecule has 0 bridgehead atoms. The van der Waals surface area contributed by atoms with E-state index in [-0.39, 0.29) is 0 Å². The van der Waals surface area contributed by atoms with Crippen LogP contribution in [0.3, 0.4) is 0 Å². The maximum Gasteiger partial charge on any atom is 0.215 e. The number of pyridine rings is 6. The first kappa shape index (κ1) is 69.1. The maximum absolute atomic E-state index is 7.46. The zero-order valence-electron chi connectivity index (χ0n) is 65.0. The van der Waals surface area contributed by atoms with Crippen LogP contribution in [0.25, 0.3) is 67.5 Å². The Kier molecular flexibility index (Phi) is 24.1. The van der Waals surface area contributed by atoms with Gasteiger partial charge in [0.2, 0.25) is 34.2 Å². The normalized spacial score (nSPS) is 11.1. The topological polar surface area (TPSA) is 23.3 Å². The Morgan fingerprint density at radius 3 is 0.719 bits per heavy atom. The first-order chi connectivity index (χ1) is 46.8. The Labute approximate surface area is 582 Å². The van der Waals surface area contributed by atoms with Gasteiger partial charge in [0, 0.05) is 107 Å². The molecule has 0 N–H and O–H groups in total. The van der Waals surface area contributed by atoms with Crippen molar-refractivity contribution in [3.8, 4) is 67.5 Å². The van der Waals surface area contributed by atoms with E-state index in [0.717, 1.165) is 16.8 Å². The number of hydrogen-bond acceptors (Lipinski definition) is 0. The van der Waals surface area contributed by atoms with Crippen molar-refractivity contribution in [1.82, 2.24) is 0 Å². The van der Waals surface area contributed by atoms with Gasteiger partial charge in [-0.15, -0.1) is 0 Å². The molecule has 6 aromatic carbocycles. The largest absolute Gasteiger partial charge is 0.215 e. The molecule has 0 aliphatic rings. The summed E-state index contributed by atoms with van der Waals surface area (Å²) < 4.78 is 35.4. The third-order valence-corrected chi connectivity index (χ3v) is 18.4. The fourth-order valence-corrected chi connectivity index (χ4v) is 12.9. The average Bonchev–Trinajstić information content (AvgIpc) is 0.838. The van der Waals surface area contributed by atoms with Crippen LogP contribution in [-0.2, 0) is 42.3 Å². The quantitative estimate of drug-likeness (QED) is 0.148. The lowest BCUT2D eigenvalue weighted by Gasteiger charge is -2.08. The Morgan fingerprint density at radius 1 is 0.198 bits per heavy atom. The number of nitrogens with zero attached hydrogens (tertiary/aromatic N) is 6. The first-order valence-electron chi connectivity index (χ1n) is 35.0. The molecule has 0 spiro atoms. The van der Waals surface area contributed by atoms with Gasteiger partial charge in [-0.25, -0.2) is 27.4 Å². The van der Waals surface area contributed by atoms with Crippen molar-refractivity contribution >= 4 is 0 Å². The summed E-state index contributed by atoms with van der Waals surface area (Å²) in [6.07, 6.45) is 12.5. The van der Waals surface area contributed by atoms with Crippen LogP contribution >= 0.6 is 0 Å². The molecule has 96 heavy (non-hydrogen) atoms. The number of aryl methyl sites for hydroxylation is 22. The molecule has 0 saturated heterocycles. The van der Waals surface area contributed by atoms with Gasteiger partial charge in [0.25, 0.3) is 0 Å². The van der Waals surface area contributed by atoms with Crippen molar-refractivity contribution < 1.29 is 31.5 Å². The molecule has 12 aromatic rings. The molecule has 12 rings (SSSR count). The zero-order valence-corrected chi connectivity index (χ0v) is 62.0. The van der Waals surface area contributed by atoms with Crippen LogP contribution in [0.4, 0.5) is 0 Å². The molecule has 0 atom stereocenters. The fraction of sp³-hybridized carbons (Fsp3) is 0.267. The van der Waals surface area contributed by atoms with Gasteiger partial charge in [-0.3, -0.25) is 0 Å². The van der Waals surface area contributed by atoms with E-state index in [2.05, 4.69) is 362 Å². The minimum Gasteiger partial charge on any atom is -0.201 e. The monoisotopic (exact) mass is 1280 g/mol. The highest BCUT2D eigenvalue weighted by Crippen LogP contribution is 2.30. The first-order valence-corrected chi connectivity index (χ1v) is 33.5. The minimum absolute atomic E-state index is 0.394. The van der Waals surface area contributed by atoms with Crippen molar-refractivity contribution in [2.45, 2.75) is 125 Å². The second-order valence-corrected chi connectivity index (χ2v) is 26.4. The van der Waals surface area contributed by atoms with Gasteiger partial charge in [0.05, 0.1) is 0 Å². The number of aromatic nitrogens is 6. The SMILES string of the molecule is Cc1ccc(-c2c(C)ccc[n+]2C)c(C)c1.Cc1ccc(C)c(-c2c(C)ccc[n+]2C)c1.Cc1ccc(C)c(-c2c(C)ccc[n+]2C)c1.Cc1cccc(-c2c(C)ccc[n+]2C)c1C.Cc1cccc(-c2c(C)ccc[n+]2C)c1C.[2H]C([2H])([2H])c1ccc(-c2c(C)ccc[n+]2C)c(C)c1. The summed E-state index contributed by atoms with van der Waals surface area (Å²) in [5.41, 5.74) is 37.9. The lowest BCUT2D eigenvalue weighted by molar-refractivity contribution is -0.660. The van der Waals surface area contributed by atoms with Crippen molar-refractivity contribution in [2.75, 3.05) is 0 Å². The summed E-state index contributed by atoms with van der Waals surface area (Å²) in [6.45, 7) is 34.4. The summed E-state index contributed by atoms with van der Waals surface area (Å²) in [4.78, 5) is 0. The Bertz CT molecular complexity index is 4400. The predicted octanol–water partition coefficient (Wildman–Crippen LogP) is 18.6. The molecular formula is C90H108N6+6. The van der Waals surface area contributed by atoms with Crippen LogP contribution in [0.2, 0.25) is 0 Å². The summed E-state index contributed by atoms with van der Waals surface area (Å²) in [5, 5.41) is 0. The fourth-order valence-electron chi connectivity index (χ4n) is 12.9. The Balaban J connectivity index is 0.000000167. The van der Waals surface area contributed by atoms with Crippen molar-refractivity contribution in [2.24, 2.45) is 42.3 Å². The van der Waals surface area contributed by atoms with Gasteiger partial charge >= 0.3 is 0 Å². The lowest BCUT2D eigenvalue weighted by atomic mass is 9.98. The molecule has 0 unspecified atom stereocenters. The van der Waals surface area contributed by atoms with Gasteiger partial charge in [-0.2, -0.15) is 0 Å². The number of benzene rings is 6. The second kappa shape index (κ2) is 33.6. The van der Waals surface area contributed by atoms with Crippen LogP contribution in [-0.4, -0.2) is 0 Å².